The Morgan fingerprint density at radius 2 is 1.91 bits per heavy atom. The molecule has 0 saturated heterocycles. The summed E-state index contributed by atoms with van der Waals surface area (Å²) >= 11 is 2.02. The third-order valence-corrected chi connectivity index (χ3v) is 3.06. The van der Waals surface area contributed by atoms with Crippen molar-refractivity contribution in [2.45, 2.75) is 58.3 Å². The molecule has 0 bridgehead atoms. The van der Waals surface area contributed by atoms with Crippen LogP contribution >= 0.6 is 11.8 Å². The Bertz CT molecular complexity index is 344. The number of aliphatic carboxylic acids is 1. The minimum Gasteiger partial charge on any atom is -0.480 e. The molecule has 0 saturated carbocycles. The second kappa shape index (κ2) is 16.8. The molecule has 0 rings (SSSR count). The molecule has 134 valence electrons. The first kappa shape index (κ1) is 26.4. The van der Waals surface area contributed by atoms with E-state index in [0.29, 0.717) is 0 Å². The van der Waals surface area contributed by atoms with Crippen LogP contribution in [-0.4, -0.2) is 34.2 Å². The second-order valence-electron chi connectivity index (χ2n) is 5.74. The van der Waals surface area contributed by atoms with Crippen molar-refractivity contribution in [1.82, 2.24) is 5.32 Å². The molecule has 0 radical (unpaired) electrons. The van der Waals surface area contributed by atoms with Gasteiger partial charge in [0, 0.05) is 0 Å². The smallest absolute Gasteiger partial charge is 0.322 e. The molecule has 0 heterocycles. The van der Waals surface area contributed by atoms with Crippen LogP contribution < -0.4 is 5.32 Å². The Hall–Kier alpha value is -1.54. The monoisotopic (exact) mass is 343 g/mol. The van der Waals surface area contributed by atoms with Gasteiger partial charge in [-0.15, -0.1) is 19.4 Å². The predicted octanol–water partition coefficient (Wildman–Crippen LogP) is 4.29. The maximum atomic E-state index is 10.1. The van der Waals surface area contributed by atoms with E-state index in [1.165, 1.54) is 18.6 Å². The Labute approximate surface area is 146 Å². The van der Waals surface area contributed by atoms with Gasteiger partial charge in [-0.05, 0) is 51.2 Å². The predicted molar refractivity (Wildman–Crippen MR) is 103 cm³/mol. The van der Waals surface area contributed by atoms with E-state index < -0.39 is 5.97 Å². The van der Waals surface area contributed by atoms with Gasteiger partial charge in [-0.2, -0.15) is 11.8 Å². The Morgan fingerprint density at radius 3 is 2.26 bits per heavy atom. The molecule has 0 aliphatic heterocycles. The van der Waals surface area contributed by atoms with E-state index >= 15 is 0 Å². The Morgan fingerprint density at radius 1 is 1.39 bits per heavy atom. The number of carboxylic acid groups (broad SMARTS) is 1. The molecule has 0 fully saturated rings. The van der Waals surface area contributed by atoms with Gasteiger partial charge in [0.25, 0.3) is 0 Å². The summed E-state index contributed by atoms with van der Waals surface area (Å²) in [6.07, 6.45) is 12.4. The molecule has 0 unspecified atom stereocenters. The largest absolute Gasteiger partial charge is 0.480 e. The van der Waals surface area contributed by atoms with E-state index in [4.69, 9.17) is 9.84 Å². The molecule has 23 heavy (non-hydrogen) atoms. The van der Waals surface area contributed by atoms with E-state index in [9.17, 15) is 4.79 Å². The van der Waals surface area contributed by atoms with Gasteiger partial charge in [-0.1, -0.05) is 19.9 Å². The first-order chi connectivity index (χ1) is 10.6. The molecular weight excluding hydrogens is 310 g/mol. The molecule has 0 aliphatic carbocycles. The molecule has 0 aromatic heterocycles. The van der Waals surface area contributed by atoms with Crippen LogP contribution in [0.4, 0.5) is 0 Å². The van der Waals surface area contributed by atoms with Crippen molar-refractivity contribution in [3.63, 3.8) is 0 Å². The van der Waals surface area contributed by atoms with E-state index in [1.807, 2.05) is 38.6 Å². The number of allylic oxidation sites excluding steroid dienone is 1. The van der Waals surface area contributed by atoms with E-state index in [-0.39, 0.29) is 18.0 Å². The maximum absolute atomic E-state index is 10.1. The van der Waals surface area contributed by atoms with Gasteiger partial charge in [0.1, 0.15) is 12.1 Å². The summed E-state index contributed by atoms with van der Waals surface area (Å²) in [6.45, 7) is 17.1. The average molecular weight is 344 g/mol. The summed E-state index contributed by atoms with van der Waals surface area (Å²) in [4.78, 5) is 10.1. The highest BCUT2D eigenvalue weighted by molar-refractivity contribution is 7.99. The van der Waals surface area contributed by atoms with Crippen LogP contribution in [-0.2, 0) is 9.53 Å². The van der Waals surface area contributed by atoms with Crippen LogP contribution in [0.25, 0.3) is 0 Å². The van der Waals surface area contributed by atoms with Gasteiger partial charge < -0.3 is 15.2 Å². The van der Waals surface area contributed by atoms with E-state index in [0.717, 1.165) is 5.25 Å². The van der Waals surface area contributed by atoms with E-state index in [2.05, 4.69) is 45.2 Å². The molecule has 2 N–H and O–H groups in total. The van der Waals surface area contributed by atoms with Gasteiger partial charge in [-0.25, -0.2) is 0 Å². The van der Waals surface area contributed by atoms with Gasteiger partial charge in [0.15, 0.2) is 5.88 Å². The first-order valence-corrected chi connectivity index (χ1v) is 8.52. The lowest BCUT2D eigenvalue weighted by molar-refractivity contribution is -0.136. The summed E-state index contributed by atoms with van der Waals surface area (Å²) < 4.78 is 5.22. The van der Waals surface area contributed by atoms with Crippen molar-refractivity contribution in [1.29, 1.82) is 0 Å². The minimum absolute atomic E-state index is 0.172. The molecule has 0 spiro atoms. The minimum atomic E-state index is -0.936. The molecule has 0 aliphatic rings. The quantitative estimate of drug-likeness (QED) is 0.283. The van der Waals surface area contributed by atoms with Gasteiger partial charge in [0.05, 0.1) is 0 Å². The molecule has 0 amide bonds. The van der Waals surface area contributed by atoms with Crippen LogP contribution in [0.2, 0.25) is 0 Å². The fourth-order valence-corrected chi connectivity index (χ4v) is 1.93. The summed E-state index contributed by atoms with van der Waals surface area (Å²) in [5, 5.41) is 11.6. The normalized spacial score (nSPS) is 9.57. The standard InChI is InChI=1S/C8H15NO3.C8H16S.C2H2/c1-6(9-5-7(10)11)12-8(2,3)4;1-4-5-6-7-9-8(2)3;1-2/h9H,1,5H2,2-4H3,(H,10,11);4,8H,1,5-7H2,2-3H3;1-2H. The SMILES string of the molecule is C#C.C=C(NCC(=O)O)OC(C)(C)C.C=CCCCSC(C)C. The van der Waals surface area contributed by atoms with Crippen molar-refractivity contribution in [2.75, 3.05) is 12.3 Å². The number of nitrogens with one attached hydrogen (secondary N) is 1. The highest BCUT2D eigenvalue weighted by atomic mass is 32.2. The van der Waals surface area contributed by atoms with Crippen LogP contribution in [0.5, 0.6) is 0 Å². The van der Waals surface area contributed by atoms with Crippen LogP contribution in [0.3, 0.4) is 0 Å². The third-order valence-electron chi connectivity index (χ3n) is 1.87. The number of carboxylic acids is 1. The first-order valence-electron chi connectivity index (χ1n) is 7.48. The van der Waals surface area contributed by atoms with Crippen LogP contribution in [0, 0.1) is 12.8 Å². The van der Waals surface area contributed by atoms with Gasteiger partial charge >= 0.3 is 5.97 Å². The molecule has 0 aromatic rings. The average Bonchev–Trinajstić information content (AvgIpc) is 2.42. The number of terminal acetylenes is 1. The van der Waals surface area contributed by atoms with Crippen molar-refractivity contribution in [3.05, 3.63) is 25.1 Å². The fraction of sp³-hybridized carbons (Fsp3) is 0.611. The van der Waals surface area contributed by atoms with E-state index in [1.54, 1.807) is 0 Å². The zero-order valence-electron chi connectivity index (χ0n) is 15.2. The molecule has 5 heteroatoms. The fourth-order valence-electron chi connectivity index (χ4n) is 1.13. The van der Waals surface area contributed by atoms with Crippen LogP contribution in [0.1, 0.15) is 47.5 Å². The molecule has 4 nitrogen and oxygen atoms in total. The van der Waals surface area contributed by atoms with Crippen molar-refractivity contribution < 1.29 is 14.6 Å². The Kier molecular flexibility index (Phi) is 19.3. The lowest BCUT2D eigenvalue weighted by atomic mass is 10.2. The summed E-state index contributed by atoms with van der Waals surface area (Å²) in [7, 11) is 0. The van der Waals surface area contributed by atoms with Crippen molar-refractivity contribution in [2.24, 2.45) is 0 Å². The zero-order valence-corrected chi connectivity index (χ0v) is 16.0. The maximum Gasteiger partial charge on any atom is 0.322 e. The molecular formula is C18H33NO3S. The highest BCUT2D eigenvalue weighted by Gasteiger charge is 2.12. The number of thioether (sulfide) groups is 1. The number of unbranched alkanes of at least 4 members (excludes halogenated alkanes) is 1. The number of hydrogen-bond donors (Lipinski definition) is 2. The lowest BCUT2D eigenvalue weighted by Gasteiger charge is -2.22. The summed E-state index contributed by atoms with van der Waals surface area (Å²) in [5.41, 5.74) is -0.345. The Balaban J connectivity index is -0.000000324. The number of hydrogen-bond acceptors (Lipinski definition) is 4. The summed E-state index contributed by atoms with van der Waals surface area (Å²) in [6, 6.07) is 0. The number of rotatable bonds is 9. The number of ether oxygens (including phenoxy) is 1. The number of carbonyl (C=O) groups is 1. The summed E-state index contributed by atoms with van der Waals surface area (Å²) in [5.74, 6) is 0.627. The van der Waals surface area contributed by atoms with Crippen molar-refractivity contribution >= 4 is 17.7 Å². The molecule has 0 atom stereocenters. The lowest BCUT2D eigenvalue weighted by Crippen LogP contribution is -2.28. The third kappa shape index (κ3) is 33.3. The van der Waals surface area contributed by atoms with Crippen molar-refractivity contribution in [3.8, 4) is 12.8 Å². The highest BCUT2D eigenvalue weighted by Crippen LogP contribution is 2.11. The van der Waals surface area contributed by atoms with Gasteiger partial charge in [0.2, 0.25) is 0 Å². The zero-order chi connectivity index (χ0) is 18.9. The molecule has 0 aromatic carbocycles. The second-order valence-corrected chi connectivity index (χ2v) is 7.42. The topological polar surface area (TPSA) is 58.6 Å². The van der Waals surface area contributed by atoms with Gasteiger partial charge in [-0.3, -0.25) is 4.79 Å². The van der Waals surface area contributed by atoms with Crippen LogP contribution in [0.15, 0.2) is 25.1 Å².